The second-order valence-corrected chi connectivity index (χ2v) is 9.89. The van der Waals surface area contributed by atoms with Gasteiger partial charge in [-0.3, -0.25) is 0 Å². The Labute approximate surface area is 115 Å². The van der Waals surface area contributed by atoms with E-state index in [-0.39, 0.29) is 12.7 Å². The Morgan fingerprint density at radius 3 is 2.06 bits per heavy atom. The summed E-state index contributed by atoms with van der Waals surface area (Å²) in [6, 6.07) is 3.47. The molecule has 0 unspecified atom stereocenters. The van der Waals surface area contributed by atoms with Crippen molar-refractivity contribution >= 4 is 8.32 Å². The molecule has 0 bridgehead atoms. The SMILES string of the molecule is C=C(CO)[C@H](CCCCC)O[Si](CC)(CC)CC. The van der Waals surface area contributed by atoms with Crippen molar-refractivity contribution in [3.63, 3.8) is 0 Å². The van der Waals surface area contributed by atoms with E-state index >= 15 is 0 Å². The summed E-state index contributed by atoms with van der Waals surface area (Å²) in [4.78, 5) is 0. The van der Waals surface area contributed by atoms with E-state index in [1.165, 1.54) is 19.3 Å². The molecule has 0 heterocycles. The first kappa shape index (κ1) is 17.9. The fraction of sp³-hybridized carbons (Fsp3) is 0.867. The van der Waals surface area contributed by atoms with Crippen LogP contribution in [0, 0.1) is 0 Å². The van der Waals surface area contributed by atoms with Crippen LogP contribution < -0.4 is 0 Å². The van der Waals surface area contributed by atoms with Crippen LogP contribution in [0.25, 0.3) is 0 Å². The van der Waals surface area contributed by atoms with Crippen molar-refractivity contribution < 1.29 is 9.53 Å². The van der Waals surface area contributed by atoms with E-state index < -0.39 is 8.32 Å². The Hall–Kier alpha value is -0.123. The summed E-state index contributed by atoms with van der Waals surface area (Å²) in [5.41, 5.74) is 0.860. The molecule has 0 aromatic heterocycles. The molecule has 1 atom stereocenters. The lowest BCUT2D eigenvalue weighted by Gasteiger charge is -2.34. The maximum atomic E-state index is 9.31. The number of hydrogen-bond donors (Lipinski definition) is 1. The normalized spacial score (nSPS) is 13.6. The Morgan fingerprint density at radius 2 is 1.67 bits per heavy atom. The second kappa shape index (κ2) is 9.76. The minimum atomic E-state index is -1.59. The molecular formula is C15H32O2Si. The summed E-state index contributed by atoms with van der Waals surface area (Å²) >= 11 is 0. The quantitative estimate of drug-likeness (QED) is 0.341. The summed E-state index contributed by atoms with van der Waals surface area (Å²) < 4.78 is 6.46. The van der Waals surface area contributed by atoms with Crippen LogP contribution in [-0.4, -0.2) is 26.1 Å². The Kier molecular flexibility index (Phi) is 9.69. The molecule has 108 valence electrons. The largest absolute Gasteiger partial charge is 0.410 e. The molecule has 2 nitrogen and oxygen atoms in total. The first-order chi connectivity index (χ1) is 8.59. The molecule has 18 heavy (non-hydrogen) atoms. The zero-order valence-corrected chi connectivity index (χ0v) is 13.8. The summed E-state index contributed by atoms with van der Waals surface area (Å²) in [6.45, 7) is 13.0. The van der Waals surface area contributed by atoms with Crippen LogP contribution in [0.1, 0.15) is 53.4 Å². The average molecular weight is 273 g/mol. The highest BCUT2D eigenvalue weighted by atomic mass is 28.4. The van der Waals surface area contributed by atoms with Crippen LogP contribution >= 0.6 is 0 Å². The highest BCUT2D eigenvalue weighted by Crippen LogP contribution is 2.27. The van der Waals surface area contributed by atoms with Crippen molar-refractivity contribution in [1.82, 2.24) is 0 Å². The lowest BCUT2D eigenvalue weighted by atomic mass is 10.1. The van der Waals surface area contributed by atoms with E-state index in [1.54, 1.807) is 0 Å². The predicted octanol–water partition coefficient (Wildman–Crippen LogP) is 4.51. The molecule has 0 aromatic carbocycles. The maximum absolute atomic E-state index is 9.31. The van der Waals surface area contributed by atoms with Crippen molar-refractivity contribution in [2.45, 2.75) is 77.6 Å². The van der Waals surface area contributed by atoms with Crippen molar-refractivity contribution in [2.24, 2.45) is 0 Å². The fourth-order valence-corrected chi connectivity index (χ4v) is 5.22. The molecular weight excluding hydrogens is 240 g/mol. The lowest BCUT2D eigenvalue weighted by Crippen LogP contribution is -2.40. The minimum Gasteiger partial charge on any atom is -0.410 e. The smallest absolute Gasteiger partial charge is 0.192 e. The van der Waals surface area contributed by atoms with Gasteiger partial charge in [0.25, 0.3) is 0 Å². The van der Waals surface area contributed by atoms with Gasteiger partial charge in [-0.05, 0) is 30.1 Å². The zero-order valence-electron chi connectivity index (χ0n) is 12.8. The van der Waals surface area contributed by atoms with Gasteiger partial charge in [0.15, 0.2) is 8.32 Å². The molecule has 3 heteroatoms. The first-order valence-corrected chi connectivity index (χ1v) is 10.1. The highest BCUT2D eigenvalue weighted by molar-refractivity contribution is 6.73. The van der Waals surface area contributed by atoms with Gasteiger partial charge >= 0.3 is 0 Å². The third kappa shape index (κ3) is 5.68. The third-order valence-corrected chi connectivity index (χ3v) is 8.70. The van der Waals surface area contributed by atoms with E-state index in [9.17, 15) is 5.11 Å². The topological polar surface area (TPSA) is 29.5 Å². The molecule has 0 saturated heterocycles. The summed E-state index contributed by atoms with van der Waals surface area (Å²) in [6.07, 6.45) is 4.71. The molecule has 0 aliphatic heterocycles. The third-order valence-electron chi connectivity index (χ3n) is 4.05. The number of rotatable bonds is 11. The molecule has 0 aliphatic rings. The lowest BCUT2D eigenvalue weighted by molar-refractivity contribution is 0.185. The maximum Gasteiger partial charge on any atom is 0.192 e. The number of aliphatic hydroxyl groups is 1. The van der Waals surface area contributed by atoms with Gasteiger partial charge in [-0.2, -0.15) is 0 Å². The monoisotopic (exact) mass is 272 g/mol. The van der Waals surface area contributed by atoms with E-state index in [0.717, 1.165) is 30.1 Å². The van der Waals surface area contributed by atoms with Gasteiger partial charge in [-0.1, -0.05) is 53.5 Å². The molecule has 0 radical (unpaired) electrons. The van der Waals surface area contributed by atoms with Crippen LogP contribution in [0.15, 0.2) is 12.2 Å². The molecule has 0 rings (SSSR count). The molecule has 0 amide bonds. The van der Waals surface area contributed by atoms with Gasteiger partial charge in [0, 0.05) is 0 Å². The molecule has 1 N–H and O–H groups in total. The van der Waals surface area contributed by atoms with Crippen molar-refractivity contribution in [3.05, 3.63) is 12.2 Å². The first-order valence-electron chi connectivity index (χ1n) is 7.55. The van der Waals surface area contributed by atoms with E-state index in [4.69, 9.17) is 4.43 Å². The standard InChI is InChI=1S/C15H32O2Si/c1-6-10-11-12-15(14(5)13-16)17-18(7-2,8-3)9-4/h15-16H,5-13H2,1-4H3/t15-/m0/s1. The zero-order chi connectivity index (χ0) is 14.0. The van der Waals surface area contributed by atoms with Crippen molar-refractivity contribution in [2.75, 3.05) is 6.61 Å². The fourth-order valence-electron chi connectivity index (χ4n) is 2.33. The van der Waals surface area contributed by atoms with Gasteiger partial charge in [0.1, 0.15) is 0 Å². The molecule has 0 spiro atoms. The van der Waals surface area contributed by atoms with Crippen LogP contribution in [-0.2, 0) is 4.43 Å². The molecule has 0 saturated carbocycles. The van der Waals surface area contributed by atoms with E-state index in [0.29, 0.717) is 0 Å². The van der Waals surface area contributed by atoms with Gasteiger partial charge in [-0.25, -0.2) is 0 Å². The van der Waals surface area contributed by atoms with Gasteiger partial charge < -0.3 is 9.53 Å². The van der Waals surface area contributed by atoms with Gasteiger partial charge in [0.05, 0.1) is 12.7 Å². The Bertz CT molecular complexity index is 216. The second-order valence-electron chi connectivity index (χ2n) is 5.16. The minimum absolute atomic E-state index is 0.0540. The number of unbranched alkanes of at least 4 members (excludes halogenated alkanes) is 2. The average Bonchev–Trinajstić information content (AvgIpc) is 2.42. The van der Waals surface area contributed by atoms with Gasteiger partial charge in [-0.15, -0.1) is 0 Å². The van der Waals surface area contributed by atoms with Gasteiger partial charge in [0.2, 0.25) is 0 Å². The van der Waals surface area contributed by atoms with Crippen LogP contribution in [0.4, 0.5) is 0 Å². The van der Waals surface area contributed by atoms with E-state index in [1.807, 2.05) is 0 Å². The summed E-state index contributed by atoms with van der Waals surface area (Å²) in [7, 11) is -1.59. The number of hydrogen-bond acceptors (Lipinski definition) is 2. The van der Waals surface area contributed by atoms with Crippen molar-refractivity contribution in [1.29, 1.82) is 0 Å². The molecule has 0 aromatic rings. The highest BCUT2D eigenvalue weighted by Gasteiger charge is 2.32. The van der Waals surface area contributed by atoms with Crippen molar-refractivity contribution in [3.8, 4) is 0 Å². The number of aliphatic hydroxyl groups excluding tert-OH is 1. The Morgan fingerprint density at radius 1 is 1.11 bits per heavy atom. The van der Waals surface area contributed by atoms with Crippen LogP contribution in [0.2, 0.25) is 18.1 Å². The predicted molar refractivity (Wildman–Crippen MR) is 82.4 cm³/mol. The Balaban J connectivity index is 4.59. The van der Waals surface area contributed by atoms with Crippen LogP contribution in [0.5, 0.6) is 0 Å². The van der Waals surface area contributed by atoms with Crippen LogP contribution in [0.3, 0.4) is 0 Å². The summed E-state index contributed by atoms with van der Waals surface area (Å²) in [5.74, 6) is 0. The summed E-state index contributed by atoms with van der Waals surface area (Å²) in [5, 5.41) is 9.31. The van der Waals surface area contributed by atoms with E-state index in [2.05, 4.69) is 34.3 Å². The molecule has 0 fully saturated rings. The molecule has 0 aliphatic carbocycles.